The maximum atomic E-state index is 13.4. The smallest absolute Gasteiger partial charge is 0.257 e. The van der Waals surface area contributed by atoms with Crippen LogP contribution in [-0.4, -0.2) is 106 Å². The number of hydrogen-bond donors (Lipinski definition) is 0. The van der Waals surface area contributed by atoms with Crippen molar-refractivity contribution >= 4 is 23.4 Å². The summed E-state index contributed by atoms with van der Waals surface area (Å²) in [7, 11) is 0. The second kappa shape index (κ2) is 11.3. The molecule has 1 aliphatic carbocycles. The van der Waals surface area contributed by atoms with Crippen LogP contribution < -0.4 is 0 Å². The third kappa shape index (κ3) is 5.45. The minimum absolute atomic E-state index is 0.0248. The molecule has 36 heavy (non-hydrogen) atoms. The Kier molecular flexibility index (Phi) is 7.93. The first-order valence-corrected chi connectivity index (χ1v) is 13.8. The van der Waals surface area contributed by atoms with Crippen LogP contribution in [0.3, 0.4) is 0 Å². The summed E-state index contributed by atoms with van der Waals surface area (Å²) >= 11 is 6.05. The SMILES string of the molecule is CCCc1c(C(=O)N2CCN(CC(=O)N3CCN(C4CCC4)CC3)CC2)cnn1-c1ccc(Cl)cc1. The molecule has 2 amide bonds. The van der Waals surface area contributed by atoms with E-state index >= 15 is 0 Å². The molecular weight excluding hydrogens is 476 g/mol. The van der Waals surface area contributed by atoms with Gasteiger partial charge in [0.05, 0.1) is 29.7 Å². The molecule has 0 spiro atoms. The molecule has 3 heterocycles. The van der Waals surface area contributed by atoms with Crippen molar-refractivity contribution in [2.24, 2.45) is 0 Å². The third-order valence-electron chi connectivity index (χ3n) is 7.93. The molecule has 5 rings (SSSR count). The lowest BCUT2D eigenvalue weighted by Crippen LogP contribution is -2.56. The molecule has 0 unspecified atom stereocenters. The zero-order chi connectivity index (χ0) is 25.1. The summed E-state index contributed by atoms with van der Waals surface area (Å²) in [6, 6.07) is 8.27. The maximum absolute atomic E-state index is 13.4. The number of aromatic nitrogens is 2. The van der Waals surface area contributed by atoms with E-state index in [1.54, 1.807) is 6.20 Å². The van der Waals surface area contributed by atoms with Crippen LogP contribution in [0.25, 0.3) is 5.69 Å². The van der Waals surface area contributed by atoms with Crippen LogP contribution in [-0.2, 0) is 11.2 Å². The number of amides is 2. The number of benzene rings is 1. The summed E-state index contributed by atoms with van der Waals surface area (Å²) in [5.74, 6) is 0.245. The van der Waals surface area contributed by atoms with Crippen molar-refractivity contribution < 1.29 is 9.59 Å². The van der Waals surface area contributed by atoms with E-state index in [0.717, 1.165) is 56.4 Å². The second-order valence-electron chi connectivity index (χ2n) is 10.2. The molecule has 1 saturated carbocycles. The summed E-state index contributed by atoms with van der Waals surface area (Å²) in [5, 5.41) is 5.22. The third-order valence-corrected chi connectivity index (χ3v) is 8.19. The maximum Gasteiger partial charge on any atom is 0.257 e. The Bertz CT molecular complexity index is 1050. The lowest BCUT2D eigenvalue weighted by Gasteiger charge is -2.43. The van der Waals surface area contributed by atoms with Crippen LogP contribution in [0.2, 0.25) is 5.02 Å². The van der Waals surface area contributed by atoms with E-state index < -0.39 is 0 Å². The van der Waals surface area contributed by atoms with Crippen LogP contribution in [0.4, 0.5) is 0 Å². The quantitative estimate of drug-likeness (QED) is 0.570. The van der Waals surface area contributed by atoms with Crippen LogP contribution in [0.5, 0.6) is 0 Å². The number of piperazine rings is 2. The molecule has 8 nitrogen and oxygen atoms in total. The summed E-state index contributed by atoms with van der Waals surface area (Å²) in [4.78, 5) is 35.0. The zero-order valence-electron chi connectivity index (χ0n) is 21.2. The van der Waals surface area contributed by atoms with Gasteiger partial charge in [-0.2, -0.15) is 5.10 Å². The molecule has 0 atom stereocenters. The van der Waals surface area contributed by atoms with E-state index in [4.69, 9.17) is 11.6 Å². The van der Waals surface area contributed by atoms with Crippen molar-refractivity contribution in [2.45, 2.75) is 45.1 Å². The first-order chi connectivity index (χ1) is 17.5. The van der Waals surface area contributed by atoms with Crippen molar-refractivity contribution in [1.29, 1.82) is 0 Å². The molecule has 194 valence electrons. The van der Waals surface area contributed by atoms with Gasteiger partial charge in [-0.25, -0.2) is 4.68 Å². The molecule has 2 aliphatic heterocycles. The fraction of sp³-hybridized carbons (Fsp3) is 0.593. The van der Waals surface area contributed by atoms with Crippen LogP contribution in [0, 0.1) is 0 Å². The Morgan fingerprint density at radius 1 is 0.944 bits per heavy atom. The van der Waals surface area contributed by atoms with Crippen molar-refractivity contribution in [1.82, 2.24) is 29.4 Å². The van der Waals surface area contributed by atoms with Gasteiger partial charge >= 0.3 is 0 Å². The van der Waals surface area contributed by atoms with Gasteiger partial charge in [-0.15, -0.1) is 0 Å². The predicted octanol–water partition coefficient (Wildman–Crippen LogP) is 2.93. The average Bonchev–Trinajstić information content (AvgIpc) is 3.28. The van der Waals surface area contributed by atoms with Gasteiger partial charge in [0.15, 0.2) is 0 Å². The molecule has 0 N–H and O–H groups in total. The topological polar surface area (TPSA) is 64.9 Å². The van der Waals surface area contributed by atoms with Crippen LogP contribution >= 0.6 is 11.6 Å². The molecule has 2 aromatic rings. The molecule has 1 aromatic carbocycles. The highest BCUT2D eigenvalue weighted by Gasteiger charge is 2.31. The van der Waals surface area contributed by atoms with Crippen molar-refractivity contribution in [2.75, 3.05) is 58.9 Å². The number of hydrogen-bond acceptors (Lipinski definition) is 5. The van der Waals surface area contributed by atoms with E-state index in [9.17, 15) is 9.59 Å². The number of carbonyl (C=O) groups excluding carboxylic acids is 2. The Hall–Kier alpha value is -2.42. The van der Waals surface area contributed by atoms with Crippen molar-refractivity contribution in [3.63, 3.8) is 0 Å². The van der Waals surface area contributed by atoms with Gasteiger partial charge in [0.2, 0.25) is 5.91 Å². The molecular formula is C27H37ClN6O2. The highest BCUT2D eigenvalue weighted by Crippen LogP contribution is 2.25. The Labute approximate surface area is 218 Å². The summed E-state index contributed by atoms with van der Waals surface area (Å²) in [6.45, 7) is 8.92. The monoisotopic (exact) mass is 512 g/mol. The average molecular weight is 513 g/mol. The standard InChI is InChI=1S/C27H37ClN6O2/c1-2-4-25-24(19-29-34(25)23-9-7-21(28)8-10-23)27(36)33-13-11-30(12-14-33)20-26(35)32-17-15-31(16-18-32)22-5-3-6-22/h7-10,19,22H,2-6,11-18,20H2,1H3. The largest absolute Gasteiger partial charge is 0.339 e. The van der Waals surface area contributed by atoms with E-state index in [1.165, 1.54) is 19.3 Å². The van der Waals surface area contributed by atoms with Gasteiger partial charge in [0.25, 0.3) is 5.91 Å². The normalized spacial score (nSPS) is 19.9. The molecule has 0 bridgehead atoms. The molecule has 2 saturated heterocycles. The van der Waals surface area contributed by atoms with Gasteiger partial charge in [-0.05, 0) is 43.5 Å². The van der Waals surface area contributed by atoms with Gasteiger partial charge < -0.3 is 9.80 Å². The van der Waals surface area contributed by atoms with Crippen molar-refractivity contribution in [3.05, 3.63) is 46.7 Å². The highest BCUT2D eigenvalue weighted by atomic mass is 35.5. The lowest BCUT2D eigenvalue weighted by atomic mass is 9.91. The number of halogens is 1. The van der Waals surface area contributed by atoms with E-state index in [2.05, 4.69) is 21.8 Å². The minimum Gasteiger partial charge on any atom is -0.339 e. The number of nitrogens with zero attached hydrogens (tertiary/aromatic N) is 6. The van der Waals surface area contributed by atoms with Gasteiger partial charge in [0.1, 0.15) is 0 Å². The molecule has 3 fully saturated rings. The van der Waals surface area contributed by atoms with E-state index in [0.29, 0.717) is 43.3 Å². The highest BCUT2D eigenvalue weighted by molar-refractivity contribution is 6.30. The fourth-order valence-corrected chi connectivity index (χ4v) is 5.62. The lowest BCUT2D eigenvalue weighted by molar-refractivity contribution is -0.135. The number of rotatable bonds is 7. The van der Waals surface area contributed by atoms with Gasteiger partial charge in [-0.1, -0.05) is 31.4 Å². The van der Waals surface area contributed by atoms with Crippen LogP contribution in [0.15, 0.2) is 30.5 Å². The summed E-state index contributed by atoms with van der Waals surface area (Å²) in [6.07, 6.45) is 7.37. The minimum atomic E-state index is 0.0248. The fourth-order valence-electron chi connectivity index (χ4n) is 5.49. The predicted molar refractivity (Wildman–Crippen MR) is 141 cm³/mol. The van der Waals surface area contributed by atoms with E-state index in [1.807, 2.05) is 38.7 Å². The second-order valence-corrected chi connectivity index (χ2v) is 10.6. The zero-order valence-corrected chi connectivity index (χ0v) is 22.0. The van der Waals surface area contributed by atoms with E-state index in [-0.39, 0.29) is 11.8 Å². The first-order valence-electron chi connectivity index (χ1n) is 13.4. The van der Waals surface area contributed by atoms with Gasteiger partial charge in [-0.3, -0.25) is 19.4 Å². The molecule has 1 aromatic heterocycles. The summed E-state index contributed by atoms with van der Waals surface area (Å²) in [5.41, 5.74) is 2.50. The van der Waals surface area contributed by atoms with Crippen molar-refractivity contribution in [3.8, 4) is 5.69 Å². The Balaban J connectivity index is 1.15. The Morgan fingerprint density at radius 3 is 2.22 bits per heavy atom. The summed E-state index contributed by atoms with van der Waals surface area (Å²) < 4.78 is 1.85. The molecule has 3 aliphatic rings. The number of carbonyl (C=O) groups is 2. The Morgan fingerprint density at radius 2 is 1.61 bits per heavy atom. The van der Waals surface area contributed by atoms with Crippen LogP contribution in [0.1, 0.15) is 48.7 Å². The van der Waals surface area contributed by atoms with Gasteiger partial charge in [0, 0.05) is 63.4 Å². The molecule has 9 heteroatoms. The molecule has 0 radical (unpaired) electrons. The first kappa shape index (κ1) is 25.2.